The Balaban J connectivity index is 3.20. The molecule has 70 valence electrons. The standard InChI is InChI=1S/C11H13FO/c1-3-9-6-4-5-7-10(9)11(2,12)8-13/h4-8H,3H2,1-2H3. The third kappa shape index (κ3) is 1.94. The van der Waals surface area contributed by atoms with Crippen LogP contribution in [0.5, 0.6) is 0 Å². The van der Waals surface area contributed by atoms with Gasteiger partial charge >= 0.3 is 0 Å². The first-order valence-electron chi connectivity index (χ1n) is 4.35. The number of halogens is 1. The van der Waals surface area contributed by atoms with Crippen molar-refractivity contribution in [1.29, 1.82) is 0 Å². The highest BCUT2D eigenvalue weighted by atomic mass is 19.1. The number of aldehydes is 1. The van der Waals surface area contributed by atoms with Crippen LogP contribution in [0.1, 0.15) is 25.0 Å². The molecule has 0 fully saturated rings. The molecular formula is C11H13FO. The molecule has 0 spiro atoms. The van der Waals surface area contributed by atoms with E-state index in [2.05, 4.69) is 0 Å². The second kappa shape index (κ2) is 3.69. The molecule has 0 aliphatic heterocycles. The van der Waals surface area contributed by atoms with Gasteiger partial charge < -0.3 is 0 Å². The van der Waals surface area contributed by atoms with E-state index in [1.807, 2.05) is 19.1 Å². The van der Waals surface area contributed by atoms with Crippen LogP contribution >= 0.6 is 0 Å². The normalized spacial score (nSPS) is 15.0. The van der Waals surface area contributed by atoms with Gasteiger partial charge in [0.25, 0.3) is 0 Å². The van der Waals surface area contributed by atoms with E-state index in [9.17, 15) is 9.18 Å². The lowest BCUT2D eigenvalue weighted by Crippen LogP contribution is -2.18. The van der Waals surface area contributed by atoms with Gasteiger partial charge in [-0.3, -0.25) is 4.79 Å². The van der Waals surface area contributed by atoms with Gasteiger partial charge in [0.05, 0.1) is 0 Å². The average molecular weight is 180 g/mol. The predicted molar refractivity (Wildman–Crippen MR) is 50.3 cm³/mol. The van der Waals surface area contributed by atoms with Gasteiger partial charge in [-0.2, -0.15) is 0 Å². The molecule has 0 bridgehead atoms. The molecule has 0 aliphatic carbocycles. The van der Waals surface area contributed by atoms with Crippen molar-refractivity contribution in [2.45, 2.75) is 25.9 Å². The van der Waals surface area contributed by atoms with Crippen molar-refractivity contribution in [3.05, 3.63) is 35.4 Å². The molecule has 1 atom stereocenters. The predicted octanol–water partition coefficient (Wildman–Crippen LogP) is 2.63. The van der Waals surface area contributed by atoms with E-state index in [1.165, 1.54) is 6.92 Å². The number of carbonyl (C=O) groups excluding carboxylic acids is 1. The van der Waals surface area contributed by atoms with Crippen molar-refractivity contribution in [3.63, 3.8) is 0 Å². The van der Waals surface area contributed by atoms with E-state index in [1.54, 1.807) is 12.1 Å². The third-order valence-electron chi connectivity index (χ3n) is 2.15. The molecule has 0 radical (unpaired) electrons. The first-order valence-corrected chi connectivity index (χ1v) is 4.35. The quantitative estimate of drug-likeness (QED) is 0.653. The zero-order valence-corrected chi connectivity index (χ0v) is 7.88. The van der Waals surface area contributed by atoms with Crippen LogP contribution in [0.4, 0.5) is 4.39 Å². The molecule has 1 aromatic carbocycles. The van der Waals surface area contributed by atoms with Crippen molar-refractivity contribution >= 4 is 6.29 Å². The molecule has 1 rings (SSSR count). The lowest BCUT2D eigenvalue weighted by Gasteiger charge is -2.16. The van der Waals surface area contributed by atoms with Gasteiger partial charge in [-0.05, 0) is 24.5 Å². The summed E-state index contributed by atoms with van der Waals surface area (Å²) in [5.74, 6) is 0. The maximum atomic E-state index is 13.6. The topological polar surface area (TPSA) is 17.1 Å². The van der Waals surface area contributed by atoms with Crippen molar-refractivity contribution < 1.29 is 9.18 Å². The first kappa shape index (κ1) is 9.90. The van der Waals surface area contributed by atoms with Crippen LogP contribution in [0.15, 0.2) is 24.3 Å². The Hall–Kier alpha value is -1.18. The van der Waals surface area contributed by atoms with Gasteiger partial charge in [0.2, 0.25) is 0 Å². The Morgan fingerprint density at radius 3 is 2.62 bits per heavy atom. The van der Waals surface area contributed by atoms with Gasteiger partial charge in [-0.15, -0.1) is 0 Å². The van der Waals surface area contributed by atoms with Crippen LogP contribution in [-0.2, 0) is 16.9 Å². The summed E-state index contributed by atoms with van der Waals surface area (Å²) in [5, 5.41) is 0. The summed E-state index contributed by atoms with van der Waals surface area (Å²) in [4.78, 5) is 10.5. The van der Waals surface area contributed by atoms with E-state index in [0.29, 0.717) is 11.8 Å². The number of benzene rings is 1. The molecule has 1 unspecified atom stereocenters. The molecule has 1 aromatic rings. The molecule has 13 heavy (non-hydrogen) atoms. The second-order valence-corrected chi connectivity index (χ2v) is 3.20. The Morgan fingerprint density at radius 2 is 2.08 bits per heavy atom. The molecule has 0 aromatic heterocycles. The smallest absolute Gasteiger partial charge is 0.188 e. The highest BCUT2D eigenvalue weighted by Crippen LogP contribution is 2.26. The van der Waals surface area contributed by atoms with Crippen molar-refractivity contribution in [2.24, 2.45) is 0 Å². The Kier molecular flexibility index (Phi) is 2.81. The summed E-state index contributed by atoms with van der Waals surface area (Å²) < 4.78 is 13.6. The number of hydrogen-bond donors (Lipinski definition) is 0. The molecule has 0 aliphatic rings. The summed E-state index contributed by atoms with van der Waals surface area (Å²) in [6.07, 6.45) is 1.09. The summed E-state index contributed by atoms with van der Waals surface area (Å²) in [6.45, 7) is 3.23. The first-order chi connectivity index (χ1) is 6.11. The monoisotopic (exact) mass is 180 g/mol. The fourth-order valence-corrected chi connectivity index (χ4v) is 1.37. The van der Waals surface area contributed by atoms with Gasteiger partial charge in [-0.25, -0.2) is 4.39 Å². The van der Waals surface area contributed by atoms with Crippen LogP contribution in [-0.4, -0.2) is 6.29 Å². The Morgan fingerprint density at radius 1 is 1.46 bits per heavy atom. The van der Waals surface area contributed by atoms with Crippen molar-refractivity contribution in [2.75, 3.05) is 0 Å². The minimum absolute atomic E-state index is 0.349. The van der Waals surface area contributed by atoms with Gasteiger partial charge in [-0.1, -0.05) is 31.2 Å². The lowest BCUT2D eigenvalue weighted by atomic mass is 9.93. The van der Waals surface area contributed by atoms with Crippen molar-refractivity contribution in [1.82, 2.24) is 0 Å². The lowest BCUT2D eigenvalue weighted by molar-refractivity contribution is -0.117. The summed E-state index contributed by atoms with van der Waals surface area (Å²) >= 11 is 0. The highest BCUT2D eigenvalue weighted by Gasteiger charge is 2.26. The zero-order chi connectivity index (χ0) is 9.90. The summed E-state index contributed by atoms with van der Waals surface area (Å²) in [6, 6.07) is 7.10. The van der Waals surface area contributed by atoms with E-state index < -0.39 is 5.67 Å². The van der Waals surface area contributed by atoms with Crippen LogP contribution in [0.25, 0.3) is 0 Å². The number of hydrogen-bond acceptors (Lipinski definition) is 1. The molecule has 0 saturated carbocycles. The average Bonchev–Trinajstić information content (AvgIpc) is 2.18. The summed E-state index contributed by atoms with van der Waals surface area (Å²) in [5.41, 5.74) is -0.487. The molecule has 0 saturated heterocycles. The molecule has 0 N–H and O–H groups in total. The molecule has 1 nitrogen and oxygen atoms in total. The fraction of sp³-hybridized carbons (Fsp3) is 0.364. The van der Waals surface area contributed by atoms with Crippen LogP contribution in [0.3, 0.4) is 0 Å². The minimum Gasteiger partial charge on any atom is -0.299 e. The van der Waals surface area contributed by atoms with Crippen molar-refractivity contribution in [3.8, 4) is 0 Å². The fourth-order valence-electron chi connectivity index (χ4n) is 1.37. The highest BCUT2D eigenvalue weighted by molar-refractivity contribution is 5.66. The summed E-state index contributed by atoms with van der Waals surface area (Å²) in [7, 11) is 0. The molecule has 0 heterocycles. The number of rotatable bonds is 3. The number of aryl methyl sites for hydroxylation is 1. The van der Waals surface area contributed by atoms with E-state index in [0.717, 1.165) is 12.0 Å². The van der Waals surface area contributed by atoms with Crippen LogP contribution in [0.2, 0.25) is 0 Å². The maximum Gasteiger partial charge on any atom is 0.188 e. The molecule has 0 amide bonds. The Bertz CT molecular complexity index is 305. The Labute approximate surface area is 77.6 Å². The van der Waals surface area contributed by atoms with E-state index in [-0.39, 0.29) is 0 Å². The number of alkyl halides is 1. The van der Waals surface area contributed by atoms with Gasteiger partial charge in [0.1, 0.15) is 0 Å². The SMILES string of the molecule is CCc1ccccc1C(C)(F)C=O. The second-order valence-electron chi connectivity index (χ2n) is 3.20. The largest absolute Gasteiger partial charge is 0.299 e. The van der Waals surface area contributed by atoms with Crippen LogP contribution in [0, 0.1) is 0 Å². The minimum atomic E-state index is -1.85. The van der Waals surface area contributed by atoms with E-state index in [4.69, 9.17) is 0 Å². The van der Waals surface area contributed by atoms with Gasteiger partial charge in [0.15, 0.2) is 12.0 Å². The molecule has 2 heteroatoms. The third-order valence-corrected chi connectivity index (χ3v) is 2.15. The molecular weight excluding hydrogens is 167 g/mol. The van der Waals surface area contributed by atoms with Crippen LogP contribution < -0.4 is 0 Å². The zero-order valence-electron chi connectivity index (χ0n) is 7.88. The van der Waals surface area contributed by atoms with Gasteiger partial charge in [0, 0.05) is 0 Å². The maximum absolute atomic E-state index is 13.6. The number of carbonyl (C=O) groups is 1. The van der Waals surface area contributed by atoms with E-state index >= 15 is 0 Å².